The summed E-state index contributed by atoms with van der Waals surface area (Å²) in [5.41, 5.74) is 0.587. The number of hydrogen-bond acceptors (Lipinski definition) is 3. The van der Waals surface area contributed by atoms with Crippen molar-refractivity contribution in [3.05, 3.63) is 30.1 Å². The summed E-state index contributed by atoms with van der Waals surface area (Å²) in [7, 11) is 0. The van der Waals surface area contributed by atoms with E-state index in [0.717, 1.165) is 6.42 Å². The molecule has 0 spiro atoms. The molecular formula is C18H26FN3O2. The van der Waals surface area contributed by atoms with Crippen LogP contribution < -0.4 is 5.32 Å². The van der Waals surface area contributed by atoms with Gasteiger partial charge in [-0.3, -0.25) is 14.5 Å². The molecule has 2 rings (SSSR count). The second-order valence-corrected chi connectivity index (χ2v) is 6.64. The molecule has 0 aromatic heterocycles. The Hall–Kier alpha value is -1.95. The molecule has 1 aliphatic rings. The average Bonchev–Trinajstić information content (AvgIpc) is 2.55. The van der Waals surface area contributed by atoms with Crippen molar-refractivity contribution in [2.45, 2.75) is 26.7 Å². The lowest BCUT2D eigenvalue weighted by atomic mass is 10.1. The zero-order valence-electron chi connectivity index (χ0n) is 14.4. The molecule has 5 nitrogen and oxygen atoms in total. The molecule has 2 amide bonds. The molecule has 1 aromatic carbocycles. The molecule has 1 N–H and O–H groups in total. The van der Waals surface area contributed by atoms with Crippen LogP contribution in [0.5, 0.6) is 0 Å². The summed E-state index contributed by atoms with van der Waals surface area (Å²) in [5.74, 6) is 0.289. The highest BCUT2D eigenvalue weighted by atomic mass is 19.1. The topological polar surface area (TPSA) is 52.7 Å². The van der Waals surface area contributed by atoms with Gasteiger partial charge < -0.3 is 10.2 Å². The Morgan fingerprint density at radius 3 is 2.33 bits per heavy atom. The predicted molar refractivity (Wildman–Crippen MR) is 92.1 cm³/mol. The van der Waals surface area contributed by atoms with Crippen LogP contribution in [-0.4, -0.2) is 54.3 Å². The van der Waals surface area contributed by atoms with Gasteiger partial charge >= 0.3 is 0 Å². The van der Waals surface area contributed by atoms with Crippen LogP contribution in [0.3, 0.4) is 0 Å². The largest absolute Gasteiger partial charge is 0.340 e. The predicted octanol–water partition coefficient (Wildman–Crippen LogP) is 2.34. The highest BCUT2D eigenvalue weighted by molar-refractivity contribution is 5.92. The van der Waals surface area contributed by atoms with E-state index in [9.17, 15) is 14.0 Å². The quantitative estimate of drug-likeness (QED) is 0.868. The van der Waals surface area contributed by atoms with Gasteiger partial charge in [0.2, 0.25) is 11.8 Å². The Bertz CT molecular complexity index is 552. The van der Waals surface area contributed by atoms with Crippen molar-refractivity contribution >= 4 is 17.5 Å². The monoisotopic (exact) mass is 335 g/mol. The van der Waals surface area contributed by atoms with Crippen LogP contribution in [-0.2, 0) is 9.59 Å². The SMILES string of the molecule is CC(C)CCC(=O)N1CCN(CC(=O)Nc2ccc(F)cc2)CC1. The fraction of sp³-hybridized carbons (Fsp3) is 0.556. The Balaban J connectivity index is 1.71. The first-order chi connectivity index (χ1) is 11.4. The first-order valence-electron chi connectivity index (χ1n) is 8.49. The van der Waals surface area contributed by atoms with Crippen LogP contribution in [0.15, 0.2) is 24.3 Å². The van der Waals surface area contributed by atoms with Crippen molar-refractivity contribution in [1.82, 2.24) is 9.80 Å². The molecule has 0 radical (unpaired) electrons. The number of halogens is 1. The fourth-order valence-corrected chi connectivity index (χ4v) is 2.66. The molecule has 1 fully saturated rings. The van der Waals surface area contributed by atoms with E-state index in [1.54, 1.807) is 12.1 Å². The van der Waals surface area contributed by atoms with E-state index < -0.39 is 0 Å². The number of nitrogens with one attached hydrogen (secondary N) is 1. The van der Waals surface area contributed by atoms with E-state index in [2.05, 4.69) is 19.2 Å². The van der Waals surface area contributed by atoms with Gasteiger partial charge in [0.15, 0.2) is 0 Å². The van der Waals surface area contributed by atoms with Gasteiger partial charge in [0.1, 0.15) is 5.82 Å². The molecule has 0 unspecified atom stereocenters. The highest BCUT2D eigenvalue weighted by Crippen LogP contribution is 2.10. The number of carbonyl (C=O) groups is 2. The lowest BCUT2D eigenvalue weighted by molar-refractivity contribution is -0.133. The van der Waals surface area contributed by atoms with Crippen molar-refractivity contribution < 1.29 is 14.0 Å². The summed E-state index contributed by atoms with van der Waals surface area (Å²) >= 11 is 0. The highest BCUT2D eigenvalue weighted by Gasteiger charge is 2.22. The van der Waals surface area contributed by atoms with Gasteiger partial charge in [-0.05, 0) is 36.6 Å². The van der Waals surface area contributed by atoms with Crippen LogP contribution in [0, 0.1) is 11.7 Å². The number of anilines is 1. The molecule has 132 valence electrons. The van der Waals surface area contributed by atoms with Crippen LogP contribution in [0.1, 0.15) is 26.7 Å². The fourth-order valence-electron chi connectivity index (χ4n) is 2.66. The van der Waals surface area contributed by atoms with Gasteiger partial charge in [0.25, 0.3) is 0 Å². The zero-order chi connectivity index (χ0) is 17.5. The van der Waals surface area contributed by atoms with Gasteiger partial charge in [-0.25, -0.2) is 4.39 Å². The third kappa shape index (κ3) is 5.92. The molecule has 0 aliphatic carbocycles. The molecule has 1 aromatic rings. The summed E-state index contributed by atoms with van der Waals surface area (Å²) in [4.78, 5) is 28.0. The number of benzene rings is 1. The van der Waals surface area contributed by atoms with Crippen LogP contribution >= 0.6 is 0 Å². The van der Waals surface area contributed by atoms with E-state index in [1.165, 1.54) is 12.1 Å². The van der Waals surface area contributed by atoms with E-state index in [4.69, 9.17) is 0 Å². The van der Waals surface area contributed by atoms with Crippen molar-refractivity contribution in [2.75, 3.05) is 38.0 Å². The minimum atomic E-state index is -0.328. The van der Waals surface area contributed by atoms with Crippen molar-refractivity contribution in [1.29, 1.82) is 0 Å². The third-order valence-corrected chi connectivity index (χ3v) is 4.16. The maximum absolute atomic E-state index is 12.8. The number of rotatable bonds is 6. The Kier molecular flexibility index (Phi) is 6.73. The maximum Gasteiger partial charge on any atom is 0.238 e. The molecule has 1 heterocycles. The summed E-state index contributed by atoms with van der Waals surface area (Å²) < 4.78 is 12.8. The van der Waals surface area contributed by atoms with Gasteiger partial charge in [0, 0.05) is 38.3 Å². The second-order valence-electron chi connectivity index (χ2n) is 6.64. The maximum atomic E-state index is 12.8. The van der Waals surface area contributed by atoms with Gasteiger partial charge in [-0.15, -0.1) is 0 Å². The Labute approximate surface area is 142 Å². The number of piperazine rings is 1. The van der Waals surface area contributed by atoms with Gasteiger partial charge in [-0.2, -0.15) is 0 Å². The smallest absolute Gasteiger partial charge is 0.238 e. The van der Waals surface area contributed by atoms with E-state index >= 15 is 0 Å². The van der Waals surface area contributed by atoms with E-state index in [1.807, 2.05) is 9.80 Å². The standard InChI is InChI=1S/C18H26FN3O2/c1-14(2)3-8-18(24)22-11-9-21(10-12-22)13-17(23)20-16-6-4-15(19)5-7-16/h4-7,14H,3,8-13H2,1-2H3,(H,20,23). The number of nitrogens with zero attached hydrogens (tertiary/aromatic N) is 2. The molecule has 6 heteroatoms. The van der Waals surface area contributed by atoms with Gasteiger partial charge in [-0.1, -0.05) is 13.8 Å². The lowest BCUT2D eigenvalue weighted by Gasteiger charge is -2.34. The van der Waals surface area contributed by atoms with Crippen molar-refractivity contribution in [2.24, 2.45) is 5.92 Å². The Morgan fingerprint density at radius 1 is 1.12 bits per heavy atom. The number of carbonyl (C=O) groups excluding carboxylic acids is 2. The van der Waals surface area contributed by atoms with Crippen molar-refractivity contribution in [3.8, 4) is 0 Å². The van der Waals surface area contributed by atoms with Crippen LogP contribution in [0.2, 0.25) is 0 Å². The number of amides is 2. The van der Waals surface area contributed by atoms with Crippen LogP contribution in [0.25, 0.3) is 0 Å². The summed E-state index contributed by atoms with van der Waals surface area (Å²) in [6.45, 7) is 7.25. The van der Waals surface area contributed by atoms with Crippen LogP contribution in [0.4, 0.5) is 10.1 Å². The lowest BCUT2D eigenvalue weighted by Crippen LogP contribution is -2.50. The minimum Gasteiger partial charge on any atom is -0.340 e. The van der Waals surface area contributed by atoms with E-state index in [-0.39, 0.29) is 24.2 Å². The summed E-state index contributed by atoms with van der Waals surface area (Å²) in [5, 5.41) is 2.76. The summed E-state index contributed by atoms with van der Waals surface area (Å²) in [6, 6.07) is 5.71. The van der Waals surface area contributed by atoms with Crippen molar-refractivity contribution in [3.63, 3.8) is 0 Å². The summed E-state index contributed by atoms with van der Waals surface area (Å²) in [6.07, 6.45) is 1.52. The minimum absolute atomic E-state index is 0.124. The Morgan fingerprint density at radius 2 is 1.75 bits per heavy atom. The van der Waals surface area contributed by atoms with Gasteiger partial charge in [0.05, 0.1) is 6.54 Å². The molecule has 24 heavy (non-hydrogen) atoms. The normalized spacial score (nSPS) is 15.6. The zero-order valence-corrected chi connectivity index (χ0v) is 14.4. The molecule has 1 aliphatic heterocycles. The van der Waals surface area contributed by atoms with E-state index in [0.29, 0.717) is 44.2 Å². The molecule has 1 saturated heterocycles. The molecule has 0 saturated carbocycles. The molecule has 0 atom stereocenters. The first kappa shape index (κ1) is 18.4. The average molecular weight is 335 g/mol. The number of hydrogen-bond donors (Lipinski definition) is 1. The second kappa shape index (κ2) is 8.78. The first-order valence-corrected chi connectivity index (χ1v) is 8.49. The third-order valence-electron chi connectivity index (χ3n) is 4.16. The molecule has 0 bridgehead atoms. The molecular weight excluding hydrogens is 309 g/mol.